The van der Waals surface area contributed by atoms with Crippen molar-refractivity contribution in [3.63, 3.8) is 0 Å². The Labute approximate surface area is 130 Å². The summed E-state index contributed by atoms with van der Waals surface area (Å²) in [6.45, 7) is 1.84. The molecule has 0 saturated heterocycles. The average Bonchev–Trinajstić information content (AvgIpc) is 2.42. The zero-order valence-corrected chi connectivity index (χ0v) is 13.3. The Kier molecular flexibility index (Phi) is 4.30. The molecule has 108 valence electrons. The van der Waals surface area contributed by atoms with Gasteiger partial charge in [0.1, 0.15) is 11.9 Å². The van der Waals surface area contributed by atoms with Crippen LogP contribution < -0.4 is 4.72 Å². The van der Waals surface area contributed by atoms with E-state index in [1.807, 2.05) is 13.0 Å². The fraction of sp³-hybridized carbons (Fsp3) is 0.0714. The van der Waals surface area contributed by atoms with Gasteiger partial charge < -0.3 is 0 Å². The molecule has 7 heteroatoms. The van der Waals surface area contributed by atoms with Crippen molar-refractivity contribution in [3.8, 4) is 6.07 Å². The van der Waals surface area contributed by atoms with E-state index in [-0.39, 0.29) is 20.6 Å². The largest absolute Gasteiger partial charge is 0.278 e. The van der Waals surface area contributed by atoms with Crippen molar-refractivity contribution in [1.82, 2.24) is 0 Å². The molecule has 2 aromatic rings. The molecule has 2 rings (SSSR count). The molecule has 0 aliphatic carbocycles. The topological polar surface area (TPSA) is 70.0 Å². The first-order valence-corrected chi connectivity index (χ1v) is 8.10. The fourth-order valence-corrected chi connectivity index (χ4v) is 3.06. The van der Waals surface area contributed by atoms with E-state index < -0.39 is 15.8 Å². The second-order valence-corrected chi connectivity index (χ2v) is 6.88. The van der Waals surface area contributed by atoms with E-state index in [0.717, 1.165) is 11.6 Å². The number of nitrogens with one attached hydrogen (secondary N) is 1. The molecule has 0 unspecified atom stereocenters. The SMILES string of the molecule is Cc1ccc(S(=O)(=O)Nc2cc(F)c(Br)cc2C#N)cc1. The van der Waals surface area contributed by atoms with Crippen LogP contribution in [0, 0.1) is 24.1 Å². The average molecular weight is 369 g/mol. The third-order valence-corrected chi connectivity index (χ3v) is 4.75. The second kappa shape index (κ2) is 5.84. The number of nitrogens with zero attached hydrogens (tertiary/aromatic N) is 1. The Morgan fingerprint density at radius 1 is 1.24 bits per heavy atom. The maximum Gasteiger partial charge on any atom is 0.261 e. The van der Waals surface area contributed by atoms with Gasteiger partial charge in [-0.15, -0.1) is 0 Å². The lowest BCUT2D eigenvalue weighted by molar-refractivity contribution is 0.601. The molecule has 0 aliphatic rings. The molecule has 0 aromatic heterocycles. The van der Waals surface area contributed by atoms with E-state index in [0.29, 0.717) is 0 Å². The zero-order valence-electron chi connectivity index (χ0n) is 10.9. The van der Waals surface area contributed by atoms with Gasteiger partial charge in [0, 0.05) is 6.07 Å². The van der Waals surface area contributed by atoms with Gasteiger partial charge in [-0.3, -0.25) is 4.72 Å². The minimum absolute atomic E-state index is 0.0268. The van der Waals surface area contributed by atoms with E-state index in [9.17, 15) is 12.8 Å². The first-order chi connectivity index (χ1) is 9.83. The standard InChI is InChI=1S/C14H10BrFN2O2S/c1-9-2-4-11(5-3-9)21(19,20)18-14-7-13(16)12(15)6-10(14)8-17/h2-7,18H,1H3. The molecule has 2 aromatic carbocycles. The number of rotatable bonds is 3. The Morgan fingerprint density at radius 2 is 1.86 bits per heavy atom. The number of benzene rings is 2. The van der Waals surface area contributed by atoms with Crippen molar-refractivity contribution in [3.05, 3.63) is 57.8 Å². The molecule has 0 aliphatic heterocycles. The molecule has 0 amide bonds. The number of sulfonamides is 1. The van der Waals surface area contributed by atoms with E-state index in [1.54, 1.807) is 12.1 Å². The van der Waals surface area contributed by atoms with E-state index in [4.69, 9.17) is 5.26 Å². The van der Waals surface area contributed by atoms with Crippen molar-refractivity contribution in [2.24, 2.45) is 0 Å². The number of hydrogen-bond acceptors (Lipinski definition) is 3. The molecular formula is C14H10BrFN2O2S. The van der Waals surface area contributed by atoms with Crippen LogP contribution in [0.5, 0.6) is 0 Å². The number of anilines is 1. The second-order valence-electron chi connectivity index (χ2n) is 4.34. The van der Waals surface area contributed by atoms with Crippen molar-refractivity contribution in [1.29, 1.82) is 5.26 Å². The van der Waals surface area contributed by atoms with Gasteiger partial charge >= 0.3 is 0 Å². The minimum atomic E-state index is -3.88. The van der Waals surface area contributed by atoms with E-state index in [2.05, 4.69) is 20.7 Å². The Hall–Kier alpha value is -1.91. The zero-order chi connectivity index (χ0) is 15.6. The van der Waals surface area contributed by atoms with Crippen LogP contribution in [-0.2, 0) is 10.0 Å². The van der Waals surface area contributed by atoms with Crippen LogP contribution in [0.25, 0.3) is 0 Å². The van der Waals surface area contributed by atoms with Gasteiger partial charge in [0.2, 0.25) is 0 Å². The van der Waals surface area contributed by atoms with Crippen LogP contribution >= 0.6 is 15.9 Å². The van der Waals surface area contributed by atoms with Gasteiger partial charge in [0.05, 0.1) is 20.6 Å². The van der Waals surface area contributed by atoms with Crippen LogP contribution in [-0.4, -0.2) is 8.42 Å². The summed E-state index contributed by atoms with van der Waals surface area (Å²) in [6, 6.07) is 10.2. The summed E-state index contributed by atoms with van der Waals surface area (Å²) in [5.41, 5.74) is 0.846. The maximum absolute atomic E-state index is 13.5. The molecule has 0 saturated carbocycles. The Bertz CT molecular complexity index is 827. The summed E-state index contributed by atoms with van der Waals surface area (Å²) in [5.74, 6) is -0.657. The number of hydrogen-bond donors (Lipinski definition) is 1. The Balaban J connectivity index is 2.44. The van der Waals surface area contributed by atoms with Gasteiger partial charge in [-0.05, 0) is 41.1 Å². The van der Waals surface area contributed by atoms with Crippen LogP contribution in [0.1, 0.15) is 11.1 Å². The first kappa shape index (κ1) is 15.5. The fourth-order valence-electron chi connectivity index (χ4n) is 1.64. The maximum atomic E-state index is 13.5. The predicted molar refractivity (Wildman–Crippen MR) is 80.8 cm³/mol. The van der Waals surface area contributed by atoms with Gasteiger partial charge in [0.25, 0.3) is 10.0 Å². The summed E-state index contributed by atoms with van der Waals surface area (Å²) in [4.78, 5) is 0.0420. The summed E-state index contributed by atoms with van der Waals surface area (Å²) in [6.07, 6.45) is 0. The molecular weight excluding hydrogens is 359 g/mol. The molecule has 0 spiro atoms. The van der Waals surface area contributed by atoms with Gasteiger partial charge in [-0.1, -0.05) is 17.7 Å². The summed E-state index contributed by atoms with van der Waals surface area (Å²) >= 11 is 2.95. The molecule has 21 heavy (non-hydrogen) atoms. The molecule has 0 heterocycles. The lowest BCUT2D eigenvalue weighted by Gasteiger charge is -2.10. The normalized spacial score (nSPS) is 11.0. The Morgan fingerprint density at radius 3 is 2.43 bits per heavy atom. The summed E-state index contributed by atoms with van der Waals surface area (Å²) in [7, 11) is -3.88. The third kappa shape index (κ3) is 3.40. The van der Waals surface area contributed by atoms with Crippen molar-refractivity contribution >= 4 is 31.6 Å². The predicted octanol–water partition coefficient (Wildman–Crippen LogP) is 3.57. The monoisotopic (exact) mass is 368 g/mol. The van der Waals surface area contributed by atoms with Crippen LogP contribution in [0.4, 0.5) is 10.1 Å². The quantitative estimate of drug-likeness (QED) is 0.899. The van der Waals surface area contributed by atoms with Crippen LogP contribution in [0.3, 0.4) is 0 Å². The molecule has 0 radical (unpaired) electrons. The first-order valence-electron chi connectivity index (χ1n) is 5.82. The van der Waals surface area contributed by atoms with Crippen LogP contribution in [0.2, 0.25) is 0 Å². The highest BCUT2D eigenvalue weighted by Crippen LogP contribution is 2.26. The number of nitriles is 1. The van der Waals surface area contributed by atoms with Crippen LogP contribution in [0.15, 0.2) is 45.8 Å². The minimum Gasteiger partial charge on any atom is -0.278 e. The van der Waals surface area contributed by atoms with Crippen molar-refractivity contribution in [2.75, 3.05) is 4.72 Å². The molecule has 0 atom stereocenters. The number of halogens is 2. The summed E-state index contributed by atoms with van der Waals surface area (Å²) < 4.78 is 40.3. The smallest absolute Gasteiger partial charge is 0.261 e. The number of aryl methyl sites for hydroxylation is 1. The highest BCUT2D eigenvalue weighted by molar-refractivity contribution is 9.10. The highest BCUT2D eigenvalue weighted by Gasteiger charge is 2.17. The molecule has 0 bridgehead atoms. The van der Waals surface area contributed by atoms with Gasteiger partial charge in [0.15, 0.2) is 0 Å². The van der Waals surface area contributed by atoms with E-state index in [1.165, 1.54) is 18.2 Å². The molecule has 4 nitrogen and oxygen atoms in total. The summed E-state index contributed by atoms with van der Waals surface area (Å²) in [5, 5.41) is 9.01. The third-order valence-electron chi connectivity index (χ3n) is 2.76. The van der Waals surface area contributed by atoms with Crippen molar-refractivity contribution < 1.29 is 12.8 Å². The molecule has 1 N–H and O–H groups in total. The van der Waals surface area contributed by atoms with E-state index >= 15 is 0 Å². The highest BCUT2D eigenvalue weighted by atomic mass is 79.9. The van der Waals surface area contributed by atoms with Gasteiger partial charge in [-0.25, -0.2) is 12.8 Å². The van der Waals surface area contributed by atoms with Crippen molar-refractivity contribution in [2.45, 2.75) is 11.8 Å². The lowest BCUT2D eigenvalue weighted by Crippen LogP contribution is -2.14. The van der Waals surface area contributed by atoms with Gasteiger partial charge in [-0.2, -0.15) is 5.26 Å². The molecule has 0 fully saturated rings. The lowest BCUT2D eigenvalue weighted by atomic mass is 10.2.